The molecule has 112 valence electrons. The maximum atomic E-state index is 14.1. The number of methoxy groups -OCH3 is 1. The summed E-state index contributed by atoms with van der Waals surface area (Å²) in [6, 6.07) is 10.1. The first-order valence-corrected chi connectivity index (χ1v) is 7.38. The highest BCUT2D eigenvalue weighted by atomic mass is 79.9. The van der Waals surface area contributed by atoms with Crippen LogP contribution in [0.5, 0.6) is 0 Å². The van der Waals surface area contributed by atoms with Gasteiger partial charge in [-0.25, -0.2) is 9.18 Å². The summed E-state index contributed by atoms with van der Waals surface area (Å²) < 4.78 is 25.2. The molecule has 2 aromatic carbocycles. The zero-order chi connectivity index (χ0) is 15.9. The molecule has 22 heavy (non-hydrogen) atoms. The summed E-state index contributed by atoms with van der Waals surface area (Å²) in [5.74, 6) is -0.981. The molecule has 1 aromatic heterocycles. The number of hydrogen-bond acceptors (Lipinski definition) is 3. The Kier molecular flexibility index (Phi) is 3.74. The van der Waals surface area contributed by atoms with Crippen LogP contribution < -0.4 is 0 Å². The third kappa shape index (κ3) is 2.31. The third-order valence-electron chi connectivity index (χ3n) is 3.43. The lowest BCUT2D eigenvalue weighted by Crippen LogP contribution is -2.06. The molecule has 3 rings (SSSR count). The number of ether oxygens (including phenoxy) is 1. The minimum atomic E-state index is -0.739. The second kappa shape index (κ2) is 5.57. The van der Waals surface area contributed by atoms with Gasteiger partial charge in [0.25, 0.3) is 0 Å². The van der Waals surface area contributed by atoms with Crippen LogP contribution in [0.2, 0.25) is 0 Å². The molecule has 0 aliphatic carbocycles. The zero-order valence-corrected chi connectivity index (χ0v) is 13.5. The molecule has 0 unspecified atom stereocenters. The molecule has 0 bridgehead atoms. The van der Waals surface area contributed by atoms with Crippen molar-refractivity contribution in [3.05, 3.63) is 57.8 Å². The Morgan fingerprint density at radius 2 is 2.05 bits per heavy atom. The van der Waals surface area contributed by atoms with Crippen molar-refractivity contribution in [1.29, 1.82) is 0 Å². The highest BCUT2D eigenvalue weighted by Crippen LogP contribution is 2.40. The minimum Gasteiger partial charge on any atom is -0.465 e. The molecule has 1 heterocycles. The van der Waals surface area contributed by atoms with Crippen molar-refractivity contribution in [2.45, 2.75) is 6.92 Å². The van der Waals surface area contributed by atoms with Gasteiger partial charge in [-0.15, -0.1) is 0 Å². The van der Waals surface area contributed by atoms with E-state index in [-0.39, 0.29) is 5.56 Å². The molecular weight excluding hydrogens is 351 g/mol. The predicted molar refractivity (Wildman–Crippen MR) is 85.4 cm³/mol. The standard InChI is InChI=1S/C17H12BrFO3/c1-9-6-7-13-11(8-9)15(18)16(22-13)10-4-3-5-12(19)14(10)17(20)21-2/h3-8H,1-2H3. The Balaban J connectivity index is 2.31. The van der Waals surface area contributed by atoms with Crippen LogP contribution in [0.15, 0.2) is 45.3 Å². The first-order chi connectivity index (χ1) is 10.5. The lowest BCUT2D eigenvalue weighted by molar-refractivity contribution is 0.0596. The van der Waals surface area contributed by atoms with Crippen LogP contribution >= 0.6 is 15.9 Å². The van der Waals surface area contributed by atoms with Crippen molar-refractivity contribution in [3.8, 4) is 11.3 Å². The second-order valence-corrected chi connectivity index (χ2v) is 5.69. The van der Waals surface area contributed by atoms with E-state index in [1.165, 1.54) is 19.2 Å². The highest BCUT2D eigenvalue weighted by Gasteiger charge is 2.23. The number of furan rings is 1. The van der Waals surface area contributed by atoms with Crippen molar-refractivity contribution < 1.29 is 18.3 Å². The summed E-state index contributed by atoms with van der Waals surface area (Å²) in [5, 5.41) is 0.870. The molecule has 0 aliphatic heterocycles. The van der Waals surface area contributed by atoms with E-state index in [0.717, 1.165) is 10.9 Å². The zero-order valence-electron chi connectivity index (χ0n) is 11.9. The van der Waals surface area contributed by atoms with Gasteiger partial charge in [-0.1, -0.05) is 23.8 Å². The summed E-state index contributed by atoms with van der Waals surface area (Å²) in [7, 11) is 1.22. The first-order valence-electron chi connectivity index (χ1n) is 6.58. The Morgan fingerprint density at radius 1 is 1.27 bits per heavy atom. The van der Waals surface area contributed by atoms with Gasteiger partial charge in [-0.05, 0) is 41.1 Å². The molecule has 0 N–H and O–H groups in total. The number of hydrogen-bond donors (Lipinski definition) is 0. The van der Waals surface area contributed by atoms with Gasteiger partial charge in [0, 0.05) is 10.9 Å². The molecule has 0 aliphatic rings. The number of fused-ring (bicyclic) bond motifs is 1. The van der Waals surface area contributed by atoms with Gasteiger partial charge in [-0.2, -0.15) is 0 Å². The van der Waals surface area contributed by atoms with E-state index in [0.29, 0.717) is 21.4 Å². The number of carbonyl (C=O) groups is 1. The molecule has 0 radical (unpaired) electrons. The lowest BCUT2D eigenvalue weighted by atomic mass is 10.0. The molecule has 3 aromatic rings. The minimum absolute atomic E-state index is 0.138. The topological polar surface area (TPSA) is 39.4 Å². The fraction of sp³-hybridized carbons (Fsp3) is 0.118. The van der Waals surface area contributed by atoms with Crippen molar-refractivity contribution in [2.24, 2.45) is 0 Å². The van der Waals surface area contributed by atoms with Gasteiger partial charge in [0.1, 0.15) is 17.0 Å². The normalized spacial score (nSPS) is 10.9. The number of esters is 1. The quantitative estimate of drug-likeness (QED) is 0.595. The first kappa shape index (κ1) is 14.8. The molecule has 5 heteroatoms. The van der Waals surface area contributed by atoms with Gasteiger partial charge in [-0.3, -0.25) is 0 Å². The molecule has 0 saturated heterocycles. The van der Waals surface area contributed by atoms with Crippen LogP contribution in [0.3, 0.4) is 0 Å². The average Bonchev–Trinajstić information content (AvgIpc) is 2.83. The molecule has 0 spiro atoms. The molecule has 0 fully saturated rings. The van der Waals surface area contributed by atoms with E-state index in [1.54, 1.807) is 6.07 Å². The number of rotatable bonds is 2. The van der Waals surface area contributed by atoms with Crippen molar-refractivity contribution in [1.82, 2.24) is 0 Å². The Hall–Kier alpha value is -2.14. The van der Waals surface area contributed by atoms with Crippen LogP contribution in [0.4, 0.5) is 4.39 Å². The predicted octanol–water partition coefficient (Wildman–Crippen LogP) is 5.10. The van der Waals surface area contributed by atoms with Gasteiger partial charge in [0.05, 0.1) is 11.6 Å². The SMILES string of the molecule is COC(=O)c1c(F)cccc1-c1oc2ccc(C)cc2c1Br. The van der Waals surface area contributed by atoms with Gasteiger partial charge < -0.3 is 9.15 Å². The molecule has 0 saturated carbocycles. The number of carbonyl (C=O) groups excluding carboxylic acids is 1. The largest absolute Gasteiger partial charge is 0.465 e. The van der Waals surface area contributed by atoms with Crippen LogP contribution in [0.1, 0.15) is 15.9 Å². The van der Waals surface area contributed by atoms with Crippen molar-refractivity contribution >= 4 is 32.9 Å². The molecule has 0 atom stereocenters. The molecular formula is C17H12BrFO3. The average molecular weight is 363 g/mol. The summed E-state index contributed by atoms with van der Waals surface area (Å²) >= 11 is 3.48. The van der Waals surface area contributed by atoms with Crippen molar-refractivity contribution in [2.75, 3.05) is 7.11 Å². The van der Waals surface area contributed by atoms with E-state index >= 15 is 0 Å². The Bertz CT molecular complexity index is 883. The maximum absolute atomic E-state index is 14.1. The van der Waals surface area contributed by atoms with Gasteiger partial charge in [0.2, 0.25) is 0 Å². The highest BCUT2D eigenvalue weighted by molar-refractivity contribution is 9.10. The number of benzene rings is 2. The number of aryl methyl sites for hydroxylation is 1. The summed E-state index contributed by atoms with van der Waals surface area (Å²) in [6.45, 7) is 1.97. The monoisotopic (exact) mass is 362 g/mol. The summed E-state index contributed by atoms with van der Waals surface area (Å²) in [6.07, 6.45) is 0. The summed E-state index contributed by atoms with van der Waals surface area (Å²) in [4.78, 5) is 11.9. The van der Waals surface area contributed by atoms with Gasteiger partial charge >= 0.3 is 5.97 Å². The third-order valence-corrected chi connectivity index (χ3v) is 4.22. The fourth-order valence-corrected chi connectivity index (χ4v) is 2.98. The van der Waals surface area contributed by atoms with Crippen LogP contribution in [0, 0.1) is 12.7 Å². The Labute approximate surface area is 134 Å². The van der Waals surface area contributed by atoms with E-state index < -0.39 is 11.8 Å². The van der Waals surface area contributed by atoms with E-state index in [1.807, 2.05) is 25.1 Å². The Morgan fingerprint density at radius 3 is 2.77 bits per heavy atom. The molecule has 3 nitrogen and oxygen atoms in total. The van der Waals surface area contributed by atoms with Crippen LogP contribution in [-0.4, -0.2) is 13.1 Å². The van der Waals surface area contributed by atoms with Crippen LogP contribution in [-0.2, 0) is 4.74 Å². The molecule has 0 amide bonds. The fourth-order valence-electron chi connectivity index (χ4n) is 2.38. The smallest absolute Gasteiger partial charge is 0.341 e. The number of halogens is 2. The van der Waals surface area contributed by atoms with Crippen molar-refractivity contribution in [3.63, 3.8) is 0 Å². The maximum Gasteiger partial charge on any atom is 0.341 e. The van der Waals surface area contributed by atoms with Gasteiger partial charge in [0.15, 0.2) is 5.76 Å². The van der Waals surface area contributed by atoms with E-state index in [4.69, 9.17) is 4.42 Å². The second-order valence-electron chi connectivity index (χ2n) is 4.90. The van der Waals surface area contributed by atoms with E-state index in [9.17, 15) is 9.18 Å². The van der Waals surface area contributed by atoms with Crippen LogP contribution in [0.25, 0.3) is 22.3 Å². The lowest BCUT2D eigenvalue weighted by Gasteiger charge is -2.07. The van der Waals surface area contributed by atoms with E-state index in [2.05, 4.69) is 20.7 Å². The summed E-state index contributed by atoms with van der Waals surface area (Å²) in [5.41, 5.74) is 1.95.